The molecule has 9 rings (SSSR count). The number of rotatable bonds is 4. The standard InChI is InChI=1S/C41H31N5/c42-25-29-24-27(20-22-36(29)45-37-16-5-1-10-30(37)31-11-2-6-17-38(31)45)34-14-9-15-35(44-34)28-21-23-41(43-26-28)46-39-18-7-3-12-32(39)33-13-4-8-19-40(33)46/h1,3-10,12-19,21-24,26-27,31,38H,2,11,20H2/t27-,31?,38?/m1/s1. The molecule has 0 radical (unpaired) electrons. The summed E-state index contributed by atoms with van der Waals surface area (Å²) in [7, 11) is 0. The maximum atomic E-state index is 10.4. The summed E-state index contributed by atoms with van der Waals surface area (Å²) >= 11 is 0. The van der Waals surface area contributed by atoms with Gasteiger partial charge >= 0.3 is 0 Å². The number of nitriles is 1. The topological polar surface area (TPSA) is 57.7 Å². The molecule has 2 unspecified atom stereocenters. The van der Waals surface area contributed by atoms with Gasteiger partial charge in [0.15, 0.2) is 0 Å². The molecule has 0 saturated heterocycles. The zero-order valence-electron chi connectivity index (χ0n) is 25.3. The van der Waals surface area contributed by atoms with E-state index in [0.29, 0.717) is 5.92 Å². The molecule has 5 heteroatoms. The number of benzene rings is 3. The highest BCUT2D eigenvalue weighted by Crippen LogP contribution is 2.49. The minimum Gasteiger partial charge on any atom is -0.333 e. The predicted molar refractivity (Wildman–Crippen MR) is 185 cm³/mol. The monoisotopic (exact) mass is 593 g/mol. The molecule has 0 bridgehead atoms. The largest absolute Gasteiger partial charge is 0.333 e. The van der Waals surface area contributed by atoms with E-state index < -0.39 is 0 Å². The molecule has 0 N–H and O–H groups in total. The molecule has 0 fully saturated rings. The third-order valence-electron chi connectivity index (χ3n) is 9.88. The van der Waals surface area contributed by atoms with Crippen LogP contribution in [0.25, 0.3) is 38.9 Å². The Hall–Kier alpha value is -5.73. The summed E-state index contributed by atoms with van der Waals surface area (Å²) in [5.74, 6) is 1.37. The summed E-state index contributed by atoms with van der Waals surface area (Å²) in [6.45, 7) is 0. The number of fused-ring (bicyclic) bond motifs is 6. The van der Waals surface area contributed by atoms with E-state index >= 15 is 0 Å². The number of hydrogen-bond acceptors (Lipinski definition) is 4. The fourth-order valence-electron chi connectivity index (χ4n) is 7.78. The van der Waals surface area contributed by atoms with E-state index in [9.17, 15) is 5.26 Å². The van der Waals surface area contributed by atoms with Crippen LogP contribution in [0.3, 0.4) is 0 Å². The molecule has 3 aromatic heterocycles. The molecule has 3 aliphatic rings. The van der Waals surface area contributed by atoms with Crippen LogP contribution in [0, 0.1) is 11.3 Å². The van der Waals surface area contributed by atoms with Crippen molar-refractivity contribution in [2.75, 3.05) is 4.90 Å². The molecule has 0 saturated carbocycles. The maximum absolute atomic E-state index is 10.4. The van der Waals surface area contributed by atoms with Crippen molar-refractivity contribution < 1.29 is 0 Å². The summed E-state index contributed by atoms with van der Waals surface area (Å²) in [5, 5.41) is 12.8. The van der Waals surface area contributed by atoms with Gasteiger partial charge in [0.05, 0.1) is 34.0 Å². The molecule has 0 spiro atoms. The Labute approximate surface area is 268 Å². The van der Waals surface area contributed by atoms with Gasteiger partial charge in [0.2, 0.25) is 0 Å². The number of para-hydroxylation sites is 3. The number of nitrogens with zero attached hydrogens (tertiary/aromatic N) is 5. The Kier molecular flexibility index (Phi) is 6.21. The first-order chi connectivity index (χ1) is 22.8. The summed E-state index contributed by atoms with van der Waals surface area (Å²) in [4.78, 5) is 12.4. The Morgan fingerprint density at radius 1 is 0.804 bits per heavy atom. The van der Waals surface area contributed by atoms with Crippen LogP contribution in [-0.4, -0.2) is 20.6 Å². The van der Waals surface area contributed by atoms with Crippen LogP contribution in [0.1, 0.15) is 42.4 Å². The lowest BCUT2D eigenvalue weighted by molar-refractivity contribution is 0.564. The minimum absolute atomic E-state index is 0.0266. The third kappa shape index (κ3) is 4.14. The first-order valence-electron chi connectivity index (χ1n) is 16.1. The Morgan fingerprint density at radius 2 is 1.59 bits per heavy atom. The van der Waals surface area contributed by atoms with Gasteiger partial charge in [0.1, 0.15) is 11.9 Å². The molecule has 1 aliphatic heterocycles. The van der Waals surface area contributed by atoms with Crippen molar-refractivity contribution in [3.05, 3.63) is 156 Å². The van der Waals surface area contributed by atoms with Crippen LogP contribution in [0.4, 0.5) is 5.69 Å². The van der Waals surface area contributed by atoms with Crippen LogP contribution in [0.15, 0.2) is 145 Å². The SMILES string of the molecule is N#CC1=C[C@H](c2cccc(-c3ccc(-n4c5ccccc5c5ccccc54)nc3)n2)CC=C1N1c2ccccc2C2CCC=CC21. The van der Waals surface area contributed by atoms with Crippen molar-refractivity contribution in [1.29, 1.82) is 5.26 Å². The van der Waals surface area contributed by atoms with Gasteiger partial charge in [-0.2, -0.15) is 5.26 Å². The second-order valence-electron chi connectivity index (χ2n) is 12.4. The van der Waals surface area contributed by atoms with Crippen molar-refractivity contribution in [3.63, 3.8) is 0 Å². The van der Waals surface area contributed by atoms with E-state index in [2.05, 4.69) is 137 Å². The molecular formula is C41H31N5. The second kappa shape index (κ2) is 10.7. The molecule has 2 aliphatic carbocycles. The van der Waals surface area contributed by atoms with Gasteiger partial charge in [-0.3, -0.25) is 9.55 Å². The summed E-state index contributed by atoms with van der Waals surface area (Å²) in [5.41, 5.74) is 9.44. The van der Waals surface area contributed by atoms with E-state index in [-0.39, 0.29) is 12.0 Å². The van der Waals surface area contributed by atoms with E-state index in [1.165, 1.54) is 22.0 Å². The summed E-state index contributed by atoms with van der Waals surface area (Å²) in [6, 6.07) is 38.8. The average molecular weight is 594 g/mol. The molecule has 6 aromatic rings. The zero-order chi connectivity index (χ0) is 30.6. The lowest BCUT2D eigenvalue weighted by Crippen LogP contribution is -2.34. The van der Waals surface area contributed by atoms with E-state index in [4.69, 9.17) is 9.97 Å². The summed E-state index contributed by atoms with van der Waals surface area (Å²) < 4.78 is 2.22. The van der Waals surface area contributed by atoms with Crippen LogP contribution in [0.2, 0.25) is 0 Å². The van der Waals surface area contributed by atoms with Crippen LogP contribution in [0.5, 0.6) is 0 Å². The number of anilines is 1. The van der Waals surface area contributed by atoms with Gasteiger partial charge in [-0.25, -0.2) is 4.98 Å². The van der Waals surface area contributed by atoms with Crippen LogP contribution in [-0.2, 0) is 0 Å². The van der Waals surface area contributed by atoms with Gasteiger partial charge in [0, 0.05) is 45.7 Å². The predicted octanol–water partition coefficient (Wildman–Crippen LogP) is 9.38. The van der Waals surface area contributed by atoms with Crippen molar-refractivity contribution >= 4 is 27.5 Å². The first-order valence-corrected chi connectivity index (χ1v) is 16.1. The maximum Gasteiger partial charge on any atom is 0.137 e. The number of aromatic nitrogens is 3. The van der Waals surface area contributed by atoms with E-state index in [1.54, 1.807) is 0 Å². The molecule has 46 heavy (non-hydrogen) atoms. The van der Waals surface area contributed by atoms with Crippen molar-refractivity contribution in [2.45, 2.75) is 37.1 Å². The van der Waals surface area contributed by atoms with Gasteiger partial charge < -0.3 is 4.90 Å². The van der Waals surface area contributed by atoms with E-state index in [1.807, 2.05) is 12.3 Å². The third-order valence-corrected chi connectivity index (χ3v) is 9.88. The minimum atomic E-state index is 0.0266. The summed E-state index contributed by atoms with van der Waals surface area (Å²) in [6.07, 6.45) is 14.0. The Bertz CT molecular complexity index is 2230. The molecule has 4 heterocycles. The van der Waals surface area contributed by atoms with Crippen molar-refractivity contribution in [3.8, 4) is 23.1 Å². The molecule has 0 amide bonds. The number of pyridine rings is 2. The van der Waals surface area contributed by atoms with Gasteiger partial charge in [-0.1, -0.05) is 85.0 Å². The van der Waals surface area contributed by atoms with Gasteiger partial charge in [0.25, 0.3) is 0 Å². The normalized spacial score (nSPS) is 20.2. The van der Waals surface area contributed by atoms with Gasteiger partial charge in [-0.15, -0.1) is 0 Å². The zero-order valence-corrected chi connectivity index (χ0v) is 25.3. The highest BCUT2D eigenvalue weighted by Gasteiger charge is 2.40. The number of hydrogen-bond donors (Lipinski definition) is 0. The highest BCUT2D eigenvalue weighted by molar-refractivity contribution is 6.09. The lowest BCUT2D eigenvalue weighted by atomic mass is 9.86. The lowest BCUT2D eigenvalue weighted by Gasteiger charge is -2.33. The van der Waals surface area contributed by atoms with Crippen LogP contribution < -0.4 is 4.90 Å². The molecular weight excluding hydrogens is 562 g/mol. The molecule has 3 atom stereocenters. The second-order valence-corrected chi connectivity index (χ2v) is 12.4. The Balaban J connectivity index is 1.02. The average Bonchev–Trinajstić information content (AvgIpc) is 3.65. The molecule has 5 nitrogen and oxygen atoms in total. The smallest absolute Gasteiger partial charge is 0.137 e. The highest BCUT2D eigenvalue weighted by atomic mass is 15.2. The first kappa shape index (κ1) is 26.7. The van der Waals surface area contributed by atoms with Crippen molar-refractivity contribution in [2.24, 2.45) is 0 Å². The quantitative estimate of drug-likeness (QED) is 0.191. The molecule has 3 aromatic carbocycles. The van der Waals surface area contributed by atoms with E-state index in [0.717, 1.165) is 64.3 Å². The van der Waals surface area contributed by atoms with Gasteiger partial charge in [-0.05, 0) is 67.3 Å². The molecule has 220 valence electrons. The fraction of sp³-hybridized carbons (Fsp3) is 0.146. The number of allylic oxidation sites excluding steroid dienone is 4. The van der Waals surface area contributed by atoms with Crippen LogP contribution >= 0.6 is 0 Å². The fourth-order valence-corrected chi connectivity index (χ4v) is 7.78. The Morgan fingerprint density at radius 3 is 2.37 bits per heavy atom. The van der Waals surface area contributed by atoms with Crippen molar-refractivity contribution in [1.82, 2.24) is 14.5 Å².